The fourth-order valence-corrected chi connectivity index (χ4v) is 0.573. The van der Waals surface area contributed by atoms with Gasteiger partial charge in [-0.1, -0.05) is 13.2 Å². The van der Waals surface area contributed by atoms with E-state index >= 15 is 0 Å². The molecule has 0 spiro atoms. The summed E-state index contributed by atoms with van der Waals surface area (Å²) in [6.07, 6.45) is 7.01. The second-order valence-electron chi connectivity index (χ2n) is 1.89. The van der Waals surface area contributed by atoms with Crippen LogP contribution in [0.15, 0.2) is 49.0 Å². The topological polar surface area (TPSA) is 9.23 Å². The van der Waals surface area contributed by atoms with E-state index in [1.807, 2.05) is 26.0 Å². The molecular formula is C10H14O. The van der Waals surface area contributed by atoms with Crippen molar-refractivity contribution in [1.82, 2.24) is 0 Å². The Kier molecular flexibility index (Phi) is 4.91. The maximum Gasteiger partial charge on any atom is 0.122 e. The van der Waals surface area contributed by atoms with Crippen molar-refractivity contribution in [2.45, 2.75) is 13.8 Å². The highest BCUT2D eigenvalue weighted by Gasteiger charge is 1.91. The van der Waals surface area contributed by atoms with Crippen molar-refractivity contribution in [3.05, 3.63) is 49.0 Å². The molecule has 0 aromatic heterocycles. The minimum absolute atomic E-state index is 0.748. The van der Waals surface area contributed by atoms with E-state index < -0.39 is 0 Å². The van der Waals surface area contributed by atoms with Crippen molar-refractivity contribution < 1.29 is 4.74 Å². The minimum Gasteiger partial charge on any atom is -0.458 e. The number of hydrogen-bond acceptors (Lipinski definition) is 1. The van der Waals surface area contributed by atoms with Gasteiger partial charge in [0.05, 0.1) is 0 Å². The number of rotatable bonds is 4. The smallest absolute Gasteiger partial charge is 0.122 e. The lowest BCUT2D eigenvalue weighted by atomic mass is 10.4. The highest BCUT2D eigenvalue weighted by Crippen LogP contribution is 2.07. The third-order valence-corrected chi connectivity index (χ3v) is 1.21. The van der Waals surface area contributed by atoms with Crippen LogP contribution in [0, 0.1) is 0 Å². The zero-order valence-electron chi connectivity index (χ0n) is 7.13. The molecule has 0 aliphatic carbocycles. The molecule has 0 aliphatic heterocycles. The maximum atomic E-state index is 5.33. The van der Waals surface area contributed by atoms with Gasteiger partial charge in [-0.2, -0.15) is 0 Å². The highest BCUT2D eigenvalue weighted by molar-refractivity contribution is 5.16. The predicted molar refractivity (Wildman–Crippen MR) is 49.0 cm³/mol. The van der Waals surface area contributed by atoms with E-state index in [0.29, 0.717) is 0 Å². The lowest BCUT2D eigenvalue weighted by Gasteiger charge is -2.04. The van der Waals surface area contributed by atoms with E-state index in [1.165, 1.54) is 0 Å². The van der Waals surface area contributed by atoms with E-state index in [0.717, 1.165) is 11.5 Å². The second-order valence-corrected chi connectivity index (χ2v) is 1.89. The van der Waals surface area contributed by atoms with Gasteiger partial charge in [-0.25, -0.2) is 0 Å². The van der Waals surface area contributed by atoms with E-state index in [4.69, 9.17) is 4.74 Å². The SMILES string of the molecule is C=C/C(=C/C)O/C(C=C)=C\C. The van der Waals surface area contributed by atoms with Gasteiger partial charge in [0.15, 0.2) is 0 Å². The average molecular weight is 150 g/mol. The van der Waals surface area contributed by atoms with Crippen LogP contribution in [-0.2, 0) is 4.74 Å². The summed E-state index contributed by atoms with van der Waals surface area (Å²) in [5.41, 5.74) is 0. The summed E-state index contributed by atoms with van der Waals surface area (Å²) < 4.78 is 5.33. The molecule has 0 saturated heterocycles. The van der Waals surface area contributed by atoms with Gasteiger partial charge in [0, 0.05) is 0 Å². The number of ether oxygens (including phenoxy) is 1. The summed E-state index contributed by atoms with van der Waals surface area (Å²) in [5.74, 6) is 1.50. The van der Waals surface area contributed by atoms with Crippen LogP contribution in [0.2, 0.25) is 0 Å². The minimum atomic E-state index is 0.748. The molecule has 0 fully saturated rings. The van der Waals surface area contributed by atoms with Crippen molar-refractivity contribution in [3.63, 3.8) is 0 Å². The Morgan fingerprint density at radius 2 is 1.36 bits per heavy atom. The monoisotopic (exact) mass is 150 g/mol. The first kappa shape index (κ1) is 9.76. The largest absolute Gasteiger partial charge is 0.458 e. The molecule has 0 N–H and O–H groups in total. The summed E-state index contributed by atoms with van der Waals surface area (Å²) in [6, 6.07) is 0. The third-order valence-electron chi connectivity index (χ3n) is 1.21. The van der Waals surface area contributed by atoms with E-state index in [1.54, 1.807) is 12.2 Å². The molecule has 1 heteroatoms. The zero-order valence-corrected chi connectivity index (χ0v) is 7.13. The molecule has 0 saturated carbocycles. The lowest BCUT2D eigenvalue weighted by Crippen LogP contribution is -1.86. The summed E-state index contributed by atoms with van der Waals surface area (Å²) >= 11 is 0. The molecule has 0 aromatic carbocycles. The van der Waals surface area contributed by atoms with Crippen LogP contribution in [0.3, 0.4) is 0 Å². The molecule has 11 heavy (non-hydrogen) atoms. The lowest BCUT2D eigenvalue weighted by molar-refractivity contribution is 0.335. The van der Waals surface area contributed by atoms with Crippen molar-refractivity contribution in [1.29, 1.82) is 0 Å². The van der Waals surface area contributed by atoms with Gasteiger partial charge < -0.3 is 4.74 Å². The van der Waals surface area contributed by atoms with Crippen LogP contribution in [0.1, 0.15) is 13.8 Å². The van der Waals surface area contributed by atoms with E-state index in [2.05, 4.69) is 13.2 Å². The van der Waals surface area contributed by atoms with Gasteiger partial charge in [0.1, 0.15) is 11.5 Å². The maximum absolute atomic E-state index is 5.33. The Hall–Kier alpha value is -1.24. The summed E-state index contributed by atoms with van der Waals surface area (Å²) in [4.78, 5) is 0. The first-order valence-corrected chi connectivity index (χ1v) is 3.53. The molecule has 0 amide bonds. The third kappa shape index (κ3) is 3.46. The molecular weight excluding hydrogens is 136 g/mol. The van der Waals surface area contributed by atoms with Crippen LogP contribution in [0.25, 0.3) is 0 Å². The Morgan fingerprint density at radius 3 is 1.55 bits per heavy atom. The number of hydrogen-bond donors (Lipinski definition) is 0. The second kappa shape index (κ2) is 5.54. The predicted octanol–water partition coefficient (Wildman–Crippen LogP) is 3.18. The van der Waals surface area contributed by atoms with Crippen LogP contribution in [0.5, 0.6) is 0 Å². The summed E-state index contributed by atoms with van der Waals surface area (Å²) in [6.45, 7) is 11.0. The van der Waals surface area contributed by atoms with Crippen molar-refractivity contribution in [2.24, 2.45) is 0 Å². The normalized spacial score (nSPS) is 12.5. The molecule has 1 nitrogen and oxygen atoms in total. The van der Waals surface area contributed by atoms with Gasteiger partial charge in [-0.05, 0) is 38.2 Å². The van der Waals surface area contributed by atoms with Crippen LogP contribution < -0.4 is 0 Å². The Bertz CT molecular complexity index is 175. The van der Waals surface area contributed by atoms with E-state index in [-0.39, 0.29) is 0 Å². The van der Waals surface area contributed by atoms with Crippen LogP contribution >= 0.6 is 0 Å². The molecule has 0 atom stereocenters. The van der Waals surface area contributed by atoms with Gasteiger partial charge in [0.25, 0.3) is 0 Å². The Morgan fingerprint density at radius 1 is 1.00 bits per heavy atom. The van der Waals surface area contributed by atoms with Crippen molar-refractivity contribution >= 4 is 0 Å². The Balaban J connectivity index is 4.22. The van der Waals surface area contributed by atoms with Crippen LogP contribution in [-0.4, -0.2) is 0 Å². The molecule has 0 heterocycles. The summed E-state index contributed by atoms with van der Waals surface area (Å²) in [5, 5.41) is 0. The first-order valence-electron chi connectivity index (χ1n) is 3.53. The molecule has 0 aliphatic rings. The molecule has 0 unspecified atom stereocenters. The fourth-order valence-electron chi connectivity index (χ4n) is 0.573. The van der Waals surface area contributed by atoms with Gasteiger partial charge in [0.2, 0.25) is 0 Å². The zero-order chi connectivity index (χ0) is 8.69. The standard InChI is InChI=1S/C10H14O/c1-5-9(6-2)11-10(7-3)8-4/h5-8H,1,3H2,2,4H3/b9-6-,10-8-. The molecule has 0 aromatic rings. The molecule has 0 radical (unpaired) electrons. The Labute approximate surface area is 68.4 Å². The van der Waals surface area contributed by atoms with Gasteiger partial charge >= 0.3 is 0 Å². The fraction of sp³-hybridized carbons (Fsp3) is 0.200. The van der Waals surface area contributed by atoms with Gasteiger partial charge in [-0.3, -0.25) is 0 Å². The van der Waals surface area contributed by atoms with Crippen molar-refractivity contribution in [3.8, 4) is 0 Å². The van der Waals surface area contributed by atoms with E-state index in [9.17, 15) is 0 Å². The summed E-state index contributed by atoms with van der Waals surface area (Å²) in [7, 11) is 0. The quantitative estimate of drug-likeness (QED) is 0.441. The molecule has 0 bridgehead atoms. The first-order chi connectivity index (χ1) is 5.28. The molecule has 0 rings (SSSR count). The van der Waals surface area contributed by atoms with Crippen LogP contribution in [0.4, 0.5) is 0 Å². The average Bonchev–Trinajstić information content (AvgIpc) is 2.07. The highest BCUT2D eigenvalue weighted by atomic mass is 16.5. The molecule has 60 valence electrons. The number of allylic oxidation sites excluding steroid dienone is 4. The van der Waals surface area contributed by atoms with Gasteiger partial charge in [-0.15, -0.1) is 0 Å². The van der Waals surface area contributed by atoms with Crippen molar-refractivity contribution in [2.75, 3.05) is 0 Å².